The smallest absolute Gasteiger partial charge is 0.187 e. The molecule has 0 aliphatic carbocycles. The van der Waals surface area contributed by atoms with Crippen LogP contribution in [0.25, 0.3) is 4.85 Å². The topological polar surface area (TPSA) is 34.6 Å². The molecule has 0 saturated carbocycles. The summed E-state index contributed by atoms with van der Waals surface area (Å²) in [7, 11) is 0. The molecule has 1 heterocycles. The van der Waals surface area contributed by atoms with E-state index in [-0.39, 0.29) is 6.04 Å². The van der Waals surface area contributed by atoms with Crippen LogP contribution < -0.4 is 4.90 Å². The van der Waals surface area contributed by atoms with Gasteiger partial charge in [-0.3, -0.25) is 4.90 Å². The summed E-state index contributed by atoms with van der Waals surface area (Å²) in [5.41, 5.74) is 4.59. The second-order valence-corrected chi connectivity index (χ2v) is 8.71. The predicted molar refractivity (Wildman–Crippen MR) is 131 cm³/mol. The molecule has 4 rings (SSSR count). The van der Waals surface area contributed by atoms with E-state index in [4.69, 9.17) is 29.8 Å². The minimum absolute atomic E-state index is 0.121. The first kappa shape index (κ1) is 22.2. The molecule has 0 bridgehead atoms. The highest BCUT2D eigenvalue weighted by Crippen LogP contribution is 2.36. The van der Waals surface area contributed by atoms with E-state index in [1.165, 1.54) is 11.1 Å². The van der Waals surface area contributed by atoms with Gasteiger partial charge in [0.05, 0.1) is 35.0 Å². The number of anilines is 1. The van der Waals surface area contributed by atoms with Gasteiger partial charge in [-0.1, -0.05) is 59.6 Å². The normalized spacial score (nSPS) is 16.4. The third-order valence-electron chi connectivity index (χ3n) is 5.89. The Morgan fingerprint density at radius 1 is 1.00 bits per heavy atom. The van der Waals surface area contributed by atoms with E-state index < -0.39 is 0 Å². The van der Waals surface area contributed by atoms with Crippen LogP contribution >= 0.6 is 23.2 Å². The van der Waals surface area contributed by atoms with Crippen molar-refractivity contribution in [1.82, 2.24) is 4.90 Å². The van der Waals surface area contributed by atoms with Gasteiger partial charge >= 0.3 is 0 Å². The third-order valence-corrected chi connectivity index (χ3v) is 6.44. The van der Waals surface area contributed by atoms with Crippen molar-refractivity contribution in [2.24, 2.45) is 0 Å². The van der Waals surface area contributed by atoms with Crippen LogP contribution in [0, 0.1) is 17.9 Å². The average molecular weight is 461 g/mol. The molecule has 0 spiro atoms. The van der Waals surface area contributed by atoms with Gasteiger partial charge < -0.3 is 4.90 Å². The van der Waals surface area contributed by atoms with Crippen molar-refractivity contribution in [2.45, 2.75) is 12.5 Å². The van der Waals surface area contributed by atoms with Crippen LogP contribution in [-0.2, 0) is 6.42 Å². The molecule has 4 nitrogen and oxygen atoms in total. The van der Waals surface area contributed by atoms with Gasteiger partial charge in [0, 0.05) is 31.2 Å². The lowest BCUT2D eigenvalue weighted by atomic mass is 10.0. The zero-order valence-corrected chi connectivity index (χ0v) is 19.0. The fraction of sp³-hybridized carbons (Fsp3) is 0.231. The maximum atomic E-state index is 9.18. The van der Waals surface area contributed by atoms with E-state index >= 15 is 0 Å². The molecular weight excluding hydrogens is 439 g/mol. The summed E-state index contributed by atoms with van der Waals surface area (Å²) in [4.78, 5) is 8.26. The van der Waals surface area contributed by atoms with Gasteiger partial charge in [0.15, 0.2) is 5.69 Å². The summed E-state index contributed by atoms with van der Waals surface area (Å²) in [6.07, 6.45) is 0.934. The maximum Gasteiger partial charge on any atom is 0.187 e. The molecule has 0 aromatic heterocycles. The molecule has 1 saturated heterocycles. The Balaban J connectivity index is 1.54. The van der Waals surface area contributed by atoms with Crippen molar-refractivity contribution < 1.29 is 0 Å². The molecule has 0 amide bonds. The van der Waals surface area contributed by atoms with Crippen LogP contribution in [0.4, 0.5) is 11.4 Å². The lowest BCUT2D eigenvalue weighted by Gasteiger charge is -2.43. The number of benzene rings is 3. The third kappa shape index (κ3) is 5.06. The first-order valence-corrected chi connectivity index (χ1v) is 11.2. The Kier molecular flexibility index (Phi) is 6.98. The highest BCUT2D eigenvalue weighted by molar-refractivity contribution is 6.33. The number of piperazine rings is 1. The molecule has 1 atom stereocenters. The Labute approximate surface area is 199 Å². The summed E-state index contributed by atoms with van der Waals surface area (Å²) >= 11 is 12.7. The average Bonchev–Trinajstić information content (AvgIpc) is 2.83. The minimum Gasteiger partial charge on any atom is -0.361 e. The van der Waals surface area contributed by atoms with Gasteiger partial charge in [0.2, 0.25) is 0 Å². The molecule has 1 aliphatic rings. The van der Waals surface area contributed by atoms with Gasteiger partial charge in [0.1, 0.15) is 0 Å². The molecule has 1 unspecified atom stereocenters. The van der Waals surface area contributed by atoms with E-state index in [0.717, 1.165) is 38.3 Å². The second kappa shape index (κ2) is 10.1. The van der Waals surface area contributed by atoms with Crippen LogP contribution in [0.3, 0.4) is 0 Å². The van der Waals surface area contributed by atoms with E-state index in [2.05, 4.69) is 32.8 Å². The minimum atomic E-state index is 0.121. The number of rotatable bonds is 5. The highest BCUT2D eigenvalue weighted by atomic mass is 35.5. The van der Waals surface area contributed by atoms with Gasteiger partial charge in [0.25, 0.3) is 0 Å². The van der Waals surface area contributed by atoms with Crippen molar-refractivity contribution in [3.8, 4) is 6.07 Å². The van der Waals surface area contributed by atoms with Crippen LogP contribution in [0.2, 0.25) is 10.0 Å². The summed E-state index contributed by atoms with van der Waals surface area (Å²) in [6.45, 7) is 10.6. The molecule has 32 heavy (non-hydrogen) atoms. The van der Waals surface area contributed by atoms with E-state index in [9.17, 15) is 5.26 Å². The van der Waals surface area contributed by atoms with Gasteiger partial charge in [-0.2, -0.15) is 5.26 Å². The van der Waals surface area contributed by atoms with E-state index in [1.54, 1.807) is 6.07 Å². The SMILES string of the molecule is [C-]#[N+]c1ccc(CCN2CCN(c3ccc(C#N)cc3Cl)C(c3ccc(Cl)cc3)C2)cc1. The summed E-state index contributed by atoms with van der Waals surface area (Å²) in [5, 5.41) is 10.5. The number of hydrogen-bond donors (Lipinski definition) is 0. The van der Waals surface area contributed by atoms with Gasteiger partial charge in [-0.25, -0.2) is 4.85 Å². The van der Waals surface area contributed by atoms with Crippen LogP contribution in [-0.4, -0.2) is 31.1 Å². The first-order chi connectivity index (χ1) is 15.6. The monoisotopic (exact) mass is 460 g/mol. The van der Waals surface area contributed by atoms with Crippen molar-refractivity contribution in [3.05, 3.63) is 105 Å². The zero-order valence-electron chi connectivity index (χ0n) is 17.5. The molecule has 1 fully saturated rings. The molecule has 3 aromatic rings. The largest absolute Gasteiger partial charge is 0.361 e. The molecule has 3 aromatic carbocycles. The number of hydrogen-bond acceptors (Lipinski definition) is 3. The Bertz CT molecular complexity index is 1160. The molecule has 0 radical (unpaired) electrons. The summed E-state index contributed by atoms with van der Waals surface area (Å²) in [5.74, 6) is 0. The molecule has 1 aliphatic heterocycles. The van der Waals surface area contributed by atoms with Crippen LogP contribution in [0.1, 0.15) is 22.7 Å². The van der Waals surface area contributed by atoms with Gasteiger partial charge in [-0.15, -0.1) is 0 Å². The van der Waals surface area contributed by atoms with Crippen molar-refractivity contribution in [1.29, 1.82) is 5.26 Å². The van der Waals surface area contributed by atoms with Crippen molar-refractivity contribution >= 4 is 34.6 Å². The fourth-order valence-electron chi connectivity index (χ4n) is 4.13. The Morgan fingerprint density at radius 3 is 2.41 bits per heavy atom. The predicted octanol–water partition coefficient (Wildman–Crippen LogP) is 6.52. The Hall–Kier alpha value is -3.02. The van der Waals surface area contributed by atoms with Crippen LogP contribution in [0.5, 0.6) is 0 Å². The number of nitriles is 1. The van der Waals surface area contributed by atoms with Crippen molar-refractivity contribution in [2.75, 3.05) is 31.1 Å². The quantitative estimate of drug-likeness (QED) is 0.406. The summed E-state index contributed by atoms with van der Waals surface area (Å²) in [6, 6.07) is 23.6. The Morgan fingerprint density at radius 2 is 1.75 bits per heavy atom. The van der Waals surface area contributed by atoms with Crippen molar-refractivity contribution in [3.63, 3.8) is 0 Å². The van der Waals surface area contributed by atoms with Gasteiger partial charge in [-0.05, 0) is 47.9 Å². The maximum absolute atomic E-state index is 9.18. The zero-order chi connectivity index (χ0) is 22.5. The molecule has 0 N–H and O–H groups in total. The number of halogens is 2. The lowest BCUT2D eigenvalue weighted by molar-refractivity contribution is 0.226. The lowest BCUT2D eigenvalue weighted by Crippen LogP contribution is -2.49. The van der Waals surface area contributed by atoms with E-state index in [0.29, 0.717) is 21.3 Å². The number of nitrogens with zero attached hydrogens (tertiary/aromatic N) is 4. The molecule has 6 heteroatoms. The first-order valence-electron chi connectivity index (χ1n) is 10.5. The van der Waals surface area contributed by atoms with Crippen LogP contribution in [0.15, 0.2) is 66.7 Å². The second-order valence-electron chi connectivity index (χ2n) is 7.87. The highest BCUT2D eigenvalue weighted by Gasteiger charge is 2.29. The standard InChI is InChI=1S/C26H22Cl2N4/c1-30-23-9-2-19(3-10-23)12-13-31-14-15-32(25-11-4-20(17-29)16-24(25)28)26(18-31)21-5-7-22(27)8-6-21/h2-11,16,26H,12-15,18H2. The molecule has 160 valence electrons. The van der Waals surface area contributed by atoms with E-state index in [1.807, 2.05) is 48.5 Å². The summed E-state index contributed by atoms with van der Waals surface area (Å²) < 4.78 is 0. The fourth-order valence-corrected chi connectivity index (χ4v) is 4.55. The molecular formula is C26H22Cl2N4.